The monoisotopic (exact) mass is 479 g/mol. The van der Waals surface area contributed by atoms with Gasteiger partial charge in [0.25, 0.3) is 5.91 Å². The third kappa shape index (κ3) is 6.95. The number of nitrogens with one attached hydrogen (secondary N) is 3. The van der Waals surface area contributed by atoms with Crippen molar-refractivity contribution in [1.82, 2.24) is 14.9 Å². The van der Waals surface area contributed by atoms with Crippen LogP contribution in [0.25, 0.3) is 0 Å². The predicted molar refractivity (Wildman–Crippen MR) is 133 cm³/mol. The van der Waals surface area contributed by atoms with Crippen LogP contribution in [0.15, 0.2) is 59.7 Å². The molecule has 0 saturated carbocycles. The van der Waals surface area contributed by atoms with Crippen LogP contribution in [0, 0.1) is 5.82 Å². The normalized spacial score (nSPS) is 13.6. The van der Waals surface area contributed by atoms with Crippen LogP contribution in [0.1, 0.15) is 0 Å². The Labute approximate surface area is 201 Å². The van der Waals surface area contributed by atoms with Gasteiger partial charge in [-0.3, -0.25) is 9.79 Å². The maximum atomic E-state index is 14.4. The van der Waals surface area contributed by atoms with Crippen LogP contribution in [0.3, 0.4) is 0 Å². The minimum Gasteiger partial charge on any atom is -0.395 e. The molecule has 1 aliphatic rings. The number of morpholine rings is 1. The van der Waals surface area contributed by atoms with Crippen LogP contribution in [-0.2, 0) is 9.53 Å². The zero-order valence-electron chi connectivity index (χ0n) is 18.9. The molecule has 4 N–H and O–H groups in total. The summed E-state index contributed by atoms with van der Waals surface area (Å²) in [6, 6.07) is 14.3. The minimum atomic E-state index is -0.607. The number of hydrogen-bond acceptors (Lipinski definition) is 9. The molecular formula is C24H26FN7O3. The van der Waals surface area contributed by atoms with Gasteiger partial charge in [0, 0.05) is 36.7 Å². The van der Waals surface area contributed by atoms with Gasteiger partial charge in [0.15, 0.2) is 11.6 Å². The van der Waals surface area contributed by atoms with Gasteiger partial charge in [-0.15, -0.1) is 0 Å². The van der Waals surface area contributed by atoms with Crippen molar-refractivity contribution in [2.45, 2.75) is 0 Å². The number of amides is 1. The van der Waals surface area contributed by atoms with Gasteiger partial charge in [0.2, 0.25) is 5.95 Å². The van der Waals surface area contributed by atoms with E-state index in [9.17, 15) is 9.18 Å². The molecule has 1 amide bonds. The molecule has 2 heterocycles. The molecule has 4 rings (SSSR count). The molecule has 0 unspecified atom stereocenters. The van der Waals surface area contributed by atoms with Crippen LogP contribution in [-0.4, -0.2) is 71.6 Å². The minimum absolute atomic E-state index is 0.00389. The van der Waals surface area contributed by atoms with Gasteiger partial charge in [-0.25, -0.2) is 9.37 Å². The molecular weight excluding hydrogens is 453 g/mol. The largest absolute Gasteiger partial charge is 0.395 e. The molecule has 1 saturated heterocycles. The molecule has 0 radical (unpaired) electrons. The van der Waals surface area contributed by atoms with Gasteiger partial charge in [-0.1, -0.05) is 12.1 Å². The number of carbonyl (C=O) groups is 1. The lowest BCUT2D eigenvalue weighted by molar-refractivity contribution is -0.127. The van der Waals surface area contributed by atoms with Crippen LogP contribution >= 0.6 is 0 Å². The maximum Gasteiger partial charge on any atom is 0.265 e. The van der Waals surface area contributed by atoms with Crippen molar-refractivity contribution in [3.8, 4) is 0 Å². The molecule has 35 heavy (non-hydrogen) atoms. The fraction of sp³-hybridized carbons (Fsp3) is 0.250. The number of halogens is 1. The van der Waals surface area contributed by atoms with Gasteiger partial charge in [0.05, 0.1) is 37.9 Å². The SMILES string of the molecule is O=C(C=Nc1cccc(Nc2ncc(F)c(Nc3cccc(NCCO)c3)n2)c1)N1CCOCC1. The molecule has 182 valence electrons. The summed E-state index contributed by atoms with van der Waals surface area (Å²) in [6.45, 7) is 2.56. The maximum absolute atomic E-state index is 14.4. The highest BCUT2D eigenvalue weighted by Crippen LogP contribution is 2.24. The number of hydrogen-bond donors (Lipinski definition) is 4. The Hall–Kier alpha value is -4.09. The number of rotatable bonds is 9. The Morgan fingerprint density at radius 3 is 2.66 bits per heavy atom. The van der Waals surface area contributed by atoms with E-state index in [0.717, 1.165) is 11.9 Å². The molecule has 1 aliphatic heterocycles. The number of carbonyl (C=O) groups excluding carboxylic acids is 1. The second-order valence-electron chi connectivity index (χ2n) is 7.62. The highest BCUT2D eigenvalue weighted by molar-refractivity contribution is 6.26. The Bertz CT molecular complexity index is 1190. The van der Waals surface area contributed by atoms with Crippen molar-refractivity contribution in [2.24, 2.45) is 4.99 Å². The number of aliphatic hydroxyl groups is 1. The van der Waals surface area contributed by atoms with Gasteiger partial charge in [-0.2, -0.15) is 4.98 Å². The standard InChI is InChI=1S/C24H26FN7O3/c25-21-15-28-24(31-23(21)29-19-5-1-3-17(13-19)26-7-10-33)30-20-6-2-4-18(14-20)27-16-22(34)32-8-11-35-12-9-32/h1-6,13-16,26,33H,7-12H2,(H2,28,29,30,31). The first-order valence-corrected chi connectivity index (χ1v) is 11.1. The number of anilines is 5. The Morgan fingerprint density at radius 1 is 1.11 bits per heavy atom. The van der Waals surface area contributed by atoms with Crippen LogP contribution < -0.4 is 16.0 Å². The van der Waals surface area contributed by atoms with E-state index < -0.39 is 5.82 Å². The molecule has 0 atom stereocenters. The Balaban J connectivity index is 1.43. The molecule has 0 bridgehead atoms. The fourth-order valence-electron chi connectivity index (χ4n) is 3.35. The summed E-state index contributed by atoms with van der Waals surface area (Å²) in [7, 11) is 0. The molecule has 10 nitrogen and oxygen atoms in total. The van der Waals surface area contributed by atoms with E-state index >= 15 is 0 Å². The molecule has 0 aliphatic carbocycles. The first-order valence-electron chi connectivity index (χ1n) is 11.1. The smallest absolute Gasteiger partial charge is 0.265 e. The zero-order valence-corrected chi connectivity index (χ0v) is 18.9. The predicted octanol–water partition coefficient (Wildman–Crippen LogP) is 3.07. The van der Waals surface area contributed by atoms with Crippen molar-refractivity contribution in [3.63, 3.8) is 0 Å². The summed E-state index contributed by atoms with van der Waals surface area (Å²) in [4.78, 5) is 26.5. The van der Waals surface area contributed by atoms with Crippen molar-refractivity contribution in [3.05, 3.63) is 60.5 Å². The average molecular weight is 480 g/mol. The summed E-state index contributed by atoms with van der Waals surface area (Å²) < 4.78 is 19.6. The summed E-state index contributed by atoms with van der Waals surface area (Å²) in [5, 5.41) is 18.0. The van der Waals surface area contributed by atoms with Gasteiger partial charge < -0.3 is 30.7 Å². The Morgan fingerprint density at radius 2 is 1.86 bits per heavy atom. The molecule has 2 aromatic carbocycles. The Kier molecular flexibility index (Phi) is 8.15. The summed E-state index contributed by atoms with van der Waals surface area (Å²) in [6.07, 6.45) is 2.37. The van der Waals surface area contributed by atoms with Crippen LogP contribution in [0.5, 0.6) is 0 Å². The number of ether oxygens (including phenoxy) is 1. The lowest BCUT2D eigenvalue weighted by atomic mass is 10.2. The number of aliphatic hydroxyl groups excluding tert-OH is 1. The van der Waals surface area contributed by atoms with E-state index in [2.05, 4.69) is 30.9 Å². The van der Waals surface area contributed by atoms with Crippen molar-refractivity contribution in [1.29, 1.82) is 0 Å². The van der Waals surface area contributed by atoms with E-state index in [-0.39, 0.29) is 24.3 Å². The van der Waals surface area contributed by atoms with Gasteiger partial charge in [-0.05, 0) is 36.4 Å². The van der Waals surface area contributed by atoms with Crippen molar-refractivity contribution in [2.75, 3.05) is 55.4 Å². The van der Waals surface area contributed by atoms with Crippen LogP contribution in [0.2, 0.25) is 0 Å². The topological polar surface area (TPSA) is 124 Å². The third-order valence-electron chi connectivity index (χ3n) is 5.06. The molecule has 11 heteroatoms. The van der Waals surface area contributed by atoms with E-state index in [1.165, 1.54) is 6.21 Å². The van der Waals surface area contributed by atoms with E-state index in [1.54, 1.807) is 47.4 Å². The molecule has 1 aromatic heterocycles. The fourth-order valence-corrected chi connectivity index (χ4v) is 3.35. The number of aliphatic imine (C=N–C) groups is 1. The lowest BCUT2D eigenvalue weighted by Crippen LogP contribution is -2.41. The zero-order chi connectivity index (χ0) is 24.5. The van der Waals surface area contributed by atoms with Crippen molar-refractivity contribution < 1.29 is 19.0 Å². The second kappa shape index (κ2) is 11.9. The quantitative estimate of drug-likeness (QED) is 0.345. The number of benzene rings is 2. The van der Waals surface area contributed by atoms with E-state index in [4.69, 9.17) is 9.84 Å². The van der Waals surface area contributed by atoms with Gasteiger partial charge >= 0.3 is 0 Å². The first kappa shape index (κ1) is 24.0. The molecule has 3 aromatic rings. The first-order chi connectivity index (χ1) is 17.1. The highest BCUT2D eigenvalue weighted by Gasteiger charge is 2.14. The van der Waals surface area contributed by atoms with Crippen molar-refractivity contribution >= 4 is 46.6 Å². The number of nitrogens with zero attached hydrogens (tertiary/aromatic N) is 4. The van der Waals surface area contributed by atoms with E-state index in [1.807, 2.05) is 6.07 Å². The summed E-state index contributed by atoms with van der Waals surface area (Å²) >= 11 is 0. The highest BCUT2D eigenvalue weighted by atomic mass is 19.1. The van der Waals surface area contributed by atoms with E-state index in [0.29, 0.717) is 49.9 Å². The third-order valence-corrected chi connectivity index (χ3v) is 5.06. The average Bonchev–Trinajstić information content (AvgIpc) is 2.89. The second-order valence-corrected chi connectivity index (χ2v) is 7.62. The number of aromatic nitrogens is 2. The van der Waals surface area contributed by atoms with Gasteiger partial charge in [0.1, 0.15) is 0 Å². The summed E-state index contributed by atoms with van der Waals surface area (Å²) in [5.74, 6) is -0.579. The lowest BCUT2D eigenvalue weighted by Gasteiger charge is -2.25. The molecule has 0 spiro atoms. The molecule has 1 fully saturated rings. The summed E-state index contributed by atoms with van der Waals surface area (Å²) in [5.41, 5.74) is 2.61. The van der Waals surface area contributed by atoms with Crippen LogP contribution in [0.4, 0.5) is 38.9 Å².